The molecule has 5 nitrogen and oxygen atoms in total. The van der Waals surface area contributed by atoms with E-state index >= 15 is 0 Å². The molecule has 0 saturated carbocycles. The quantitative estimate of drug-likeness (QED) is 0.898. The van der Waals surface area contributed by atoms with Gasteiger partial charge in [0, 0.05) is 44.2 Å². The summed E-state index contributed by atoms with van der Waals surface area (Å²) in [6.45, 7) is 8.09. The van der Waals surface area contributed by atoms with Crippen LogP contribution in [-0.4, -0.2) is 53.8 Å². The predicted octanol–water partition coefficient (Wildman–Crippen LogP) is 1.66. The molecule has 1 aromatic carbocycles. The molecule has 0 bridgehead atoms. The molecule has 2 amide bonds. The minimum Gasteiger partial charge on any atom is -0.366 e. The second-order valence-corrected chi connectivity index (χ2v) is 6.43. The summed E-state index contributed by atoms with van der Waals surface area (Å²) >= 11 is 0. The number of amides is 2. The Balaban J connectivity index is 1.83. The van der Waals surface area contributed by atoms with E-state index in [0.717, 1.165) is 38.2 Å². The van der Waals surface area contributed by atoms with E-state index in [0.29, 0.717) is 24.4 Å². The number of primary amides is 1. The van der Waals surface area contributed by atoms with Crippen molar-refractivity contribution in [2.75, 3.05) is 26.2 Å². The number of benzene rings is 1. The Bertz CT molecular complexity index is 540. The van der Waals surface area contributed by atoms with Gasteiger partial charge in [-0.2, -0.15) is 0 Å². The molecule has 0 unspecified atom stereocenters. The van der Waals surface area contributed by atoms with Gasteiger partial charge >= 0.3 is 0 Å². The lowest BCUT2D eigenvalue weighted by Gasteiger charge is -2.25. The van der Waals surface area contributed by atoms with E-state index in [1.807, 2.05) is 17.0 Å². The molecular formula is C18H27N3O2. The van der Waals surface area contributed by atoms with Crippen LogP contribution in [0, 0.1) is 0 Å². The SMILES string of the molecule is CC(C)N1CCCN(C(=O)CCc2ccc(C(N)=O)cc2)CC1. The van der Waals surface area contributed by atoms with Crippen LogP contribution in [0.15, 0.2) is 24.3 Å². The molecule has 0 aliphatic carbocycles. The first-order valence-electron chi connectivity index (χ1n) is 8.38. The second-order valence-electron chi connectivity index (χ2n) is 6.43. The average molecular weight is 317 g/mol. The Morgan fingerprint density at radius 1 is 1.09 bits per heavy atom. The van der Waals surface area contributed by atoms with Crippen LogP contribution in [0.4, 0.5) is 0 Å². The average Bonchev–Trinajstić information content (AvgIpc) is 2.79. The van der Waals surface area contributed by atoms with Crippen molar-refractivity contribution in [3.63, 3.8) is 0 Å². The summed E-state index contributed by atoms with van der Waals surface area (Å²) in [5.74, 6) is -0.207. The summed E-state index contributed by atoms with van der Waals surface area (Å²) in [7, 11) is 0. The largest absolute Gasteiger partial charge is 0.366 e. The lowest BCUT2D eigenvalue weighted by Crippen LogP contribution is -2.37. The first kappa shape index (κ1) is 17.5. The smallest absolute Gasteiger partial charge is 0.248 e. The van der Waals surface area contributed by atoms with E-state index in [9.17, 15) is 9.59 Å². The van der Waals surface area contributed by atoms with Gasteiger partial charge in [0.05, 0.1) is 0 Å². The summed E-state index contributed by atoms with van der Waals surface area (Å²) in [5, 5.41) is 0. The molecule has 126 valence electrons. The Labute approximate surface area is 138 Å². The number of nitrogens with two attached hydrogens (primary N) is 1. The van der Waals surface area contributed by atoms with Gasteiger partial charge in [0.2, 0.25) is 11.8 Å². The molecule has 2 N–H and O–H groups in total. The van der Waals surface area contributed by atoms with Crippen LogP contribution in [0.1, 0.15) is 42.6 Å². The van der Waals surface area contributed by atoms with E-state index in [1.54, 1.807) is 12.1 Å². The van der Waals surface area contributed by atoms with E-state index in [1.165, 1.54) is 0 Å². The lowest BCUT2D eigenvalue weighted by molar-refractivity contribution is -0.131. The molecule has 1 aliphatic rings. The molecule has 1 fully saturated rings. The van der Waals surface area contributed by atoms with Gasteiger partial charge in [-0.1, -0.05) is 12.1 Å². The van der Waals surface area contributed by atoms with Crippen molar-refractivity contribution in [1.29, 1.82) is 0 Å². The standard InChI is InChI=1S/C18H27N3O2/c1-14(2)20-10-3-11-21(13-12-20)17(22)9-6-15-4-7-16(8-5-15)18(19)23/h4-5,7-8,14H,3,6,9-13H2,1-2H3,(H2,19,23). The van der Waals surface area contributed by atoms with Crippen LogP contribution in [0.3, 0.4) is 0 Å². The second kappa shape index (κ2) is 8.11. The Morgan fingerprint density at radius 2 is 1.78 bits per heavy atom. The molecule has 0 aromatic heterocycles. The van der Waals surface area contributed by atoms with Gasteiger partial charge < -0.3 is 10.6 Å². The van der Waals surface area contributed by atoms with Gasteiger partial charge in [0.15, 0.2) is 0 Å². The number of nitrogens with zero attached hydrogens (tertiary/aromatic N) is 2. The van der Waals surface area contributed by atoms with Crippen molar-refractivity contribution in [1.82, 2.24) is 9.80 Å². The zero-order chi connectivity index (χ0) is 16.8. The highest BCUT2D eigenvalue weighted by Crippen LogP contribution is 2.11. The van der Waals surface area contributed by atoms with E-state index in [4.69, 9.17) is 5.73 Å². The normalized spacial score (nSPS) is 16.4. The third-order valence-corrected chi connectivity index (χ3v) is 4.48. The minimum absolute atomic E-state index is 0.217. The molecular weight excluding hydrogens is 290 g/mol. The van der Waals surface area contributed by atoms with Crippen molar-refractivity contribution in [2.24, 2.45) is 5.73 Å². The first-order chi connectivity index (χ1) is 11.0. The van der Waals surface area contributed by atoms with Crippen molar-refractivity contribution in [3.8, 4) is 0 Å². The van der Waals surface area contributed by atoms with Crippen molar-refractivity contribution in [3.05, 3.63) is 35.4 Å². The first-order valence-corrected chi connectivity index (χ1v) is 8.38. The highest BCUT2D eigenvalue weighted by Gasteiger charge is 2.20. The van der Waals surface area contributed by atoms with Gasteiger partial charge in [-0.05, 0) is 44.4 Å². The topological polar surface area (TPSA) is 66.6 Å². The van der Waals surface area contributed by atoms with Crippen LogP contribution < -0.4 is 5.73 Å². The van der Waals surface area contributed by atoms with Gasteiger partial charge in [-0.15, -0.1) is 0 Å². The molecule has 0 radical (unpaired) electrons. The third kappa shape index (κ3) is 5.06. The zero-order valence-corrected chi connectivity index (χ0v) is 14.1. The highest BCUT2D eigenvalue weighted by atomic mass is 16.2. The van der Waals surface area contributed by atoms with Crippen molar-refractivity contribution in [2.45, 2.75) is 39.2 Å². The monoisotopic (exact) mass is 317 g/mol. The molecule has 0 atom stereocenters. The predicted molar refractivity (Wildman–Crippen MR) is 91.2 cm³/mol. The summed E-state index contributed by atoms with van der Waals surface area (Å²) in [4.78, 5) is 27.9. The number of aryl methyl sites for hydroxylation is 1. The van der Waals surface area contributed by atoms with Crippen LogP contribution in [0.2, 0.25) is 0 Å². The molecule has 1 saturated heterocycles. The molecule has 1 heterocycles. The maximum atomic E-state index is 12.4. The third-order valence-electron chi connectivity index (χ3n) is 4.48. The van der Waals surface area contributed by atoms with Gasteiger partial charge in [0.1, 0.15) is 0 Å². The van der Waals surface area contributed by atoms with E-state index < -0.39 is 5.91 Å². The molecule has 5 heteroatoms. The molecule has 2 rings (SSSR count). The molecule has 0 spiro atoms. The van der Waals surface area contributed by atoms with Gasteiger partial charge in [0.25, 0.3) is 0 Å². The summed E-state index contributed by atoms with van der Waals surface area (Å²) in [6.07, 6.45) is 2.25. The van der Waals surface area contributed by atoms with Gasteiger partial charge in [-0.25, -0.2) is 0 Å². The number of hydrogen-bond acceptors (Lipinski definition) is 3. The number of carbonyl (C=O) groups excluding carboxylic acids is 2. The van der Waals surface area contributed by atoms with E-state index in [2.05, 4.69) is 18.7 Å². The lowest BCUT2D eigenvalue weighted by atomic mass is 10.1. The van der Waals surface area contributed by atoms with E-state index in [-0.39, 0.29) is 5.91 Å². The summed E-state index contributed by atoms with van der Waals surface area (Å²) in [5.41, 5.74) is 6.79. The Hall–Kier alpha value is -1.88. The molecule has 1 aromatic rings. The fourth-order valence-corrected chi connectivity index (χ4v) is 2.95. The number of rotatable bonds is 5. The Kier molecular flexibility index (Phi) is 6.16. The van der Waals surface area contributed by atoms with Crippen LogP contribution >= 0.6 is 0 Å². The van der Waals surface area contributed by atoms with Crippen LogP contribution in [0.5, 0.6) is 0 Å². The molecule has 1 aliphatic heterocycles. The van der Waals surface area contributed by atoms with Gasteiger partial charge in [-0.3, -0.25) is 14.5 Å². The maximum Gasteiger partial charge on any atom is 0.248 e. The summed E-state index contributed by atoms with van der Waals surface area (Å²) < 4.78 is 0. The maximum absolute atomic E-state index is 12.4. The highest BCUT2D eigenvalue weighted by molar-refractivity contribution is 5.92. The zero-order valence-electron chi connectivity index (χ0n) is 14.1. The van der Waals surface area contributed by atoms with Crippen LogP contribution in [0.25, 0.3) is 0 Å². The number of hydrogen-bond donors (Lipinski definition) is 1. The van der Waals surface area contributed by atoms with Crippen LogP contribution in [-0.2, 0) is 11.2 Å². The summed E-state index contributed by atoms with van der Waals surface area (Å²) in [6, 6.07) is 7.71. The number of carbonyl (C=O) groups is 2. The minimum atomic E-state index is -0.424. The Morgan fingerprint density at radius 3 is 2.39 bits per heavy atom. The molecule has 23 heavy (non-hydrogen) atoms. The van der Waals surface area contributed by atoms with Crippen molar-refractivity contribution >= 4 is 11.8 Å². The fourth-order valence-electron chi connectivity index (χ4n) is 2.95. The van der Waals surface area contributed by atoms with Crippen molar-refractivity contribution < 1.29 is 9.59 Å². The fraction of sp³-hybridized carbons (Fsp3) is 0.556.